The van der Waals surface area contributed by atoms with Crippen LogP contribution in [0.2, 0.25) is 0 Å². The minimum absolute atomic E-state index is 0.276. The molecule has 0 radical (unpaired) electrons. The molecule has 0 bridgehead atoms. The Morgan fingerprint density at radius 1 is 1.64 bits per heavy atom. The summed E-state index contributed by atoms with van der Waals surface area (Å²) in [6.45, 7) is 4.08. The number of rotatable bonds is 0. The zero-order chi connectivity index (χ0) is 8.43. The summed E-state index contributed by atoms with van der Waals surface area (Å²) < 4.78 is 0. The van der Waals surface area contributed by atoms with E-state index in [4.69, 9.17) is 6.42 Å². The van der Waals surface area contributed by atoms with Crippen LogP contribution in [-0.2, 0) is 4.79 Å². The predicted octanol–water partition coefficient (Wildman–Crippen LogP) is 1.92. The van der Waals surface area contributed by atoms with Crippen LogP contribution in [-0.4, -0.2) is 10.4 Å². The summed E-state index contributed by atoms with van der Waals surface area (Å²) in [6.07, 6.45) is 6.00. The Morgan fingerprint density at radius 3 is 2.73 bits per heavy atom. The number of thioether (sulfide) groups is 1. The molecule has 1 nitrogen and oxygen atoms in total. The van der Waals surface area contributed by atoms with Crippen molar-refractivity contribution >= 4 is 16.9 Å². The topological polar surface area (TPSA) is 17.1 Å². The summed E-state index contributed by atoms with van der Waals surface area (Å²) in [6, 6.07) is 0. The molecular formula is C9H12OS. The van der Waals surface area contributed by atoms with Crippen molar-refractivity contribution < 1.29 is 4.79 Å². The maximum Gasteiger partial charge on any atom is 0.189 e. The zero-order valence-corrected chi connectivity index (χ0v) is 7.65. The Bertz CT molecular complexity index is 190. The van der Waals surface area contributed by atoms with Gasteiger partial charge in [0.2, 0.25) is 0 Å². The summed E-state index contributed by atoms with van der Waals surface area (Å²) in [4.78, 5) is 11.0. The standard InChI is InChI=1S/C9H12OS/c1-4-8-6(2)5-9(10)11-7(8)3/h1,6-8H,5H2,2-3H3. The second kappa shape index (κ2) is 3.32. The first-order valence-corrected chi connectivity index (χ1v) is 4.68. The van der Waals surface area contributed by atoms with Crippen LogP contribution in [0.1, 0.15) is 20.3 Å². The molecule has 0 aromatic carbocycles. The van der Waals surface area contributed by atoms with E-state index in [9.17, 15) is 4.79 Å². The Kier molecular flexibility index (Phi) is 2.62. The van der Waals surface area contributed by atoms with Crippen molar-refractivity contribution in [3.05, 3.63) is 0 Å². The number of terminal acetylenes is 1. The van der Waals surface area contributed by atoms with E-state index in [0.29, 0.717) is 17.6 Å². The maximum absolute atomic E-state index is 11.0. The average molecular weight is 168 g/mol. The second-order valence-corrected chi connectivity index (χ2v) is 4.50. The van der Waals surface area contributed by atoms with Gasteiger partial charge < -0.3 is 0 Å². The molecule has 0 saturated carbocycles. The highest BCUT2D eigenvalue weighted by Crippen LogP contribution is 2.34. The van der Waals surface area contributed by atoms with E-state index >= 15 is 0 Å². The first-order chi connectivity index (χ1) is 5.15. The first-order valence-electron chi connectivity index (χ1n) is 3.80. The largest absolute Gasteiger partial charge is 0.287 e. The smallest absolute Gasteiger partial charge is 0.189 e. The van der Waals surface area contributed by atoms with Crippen LogP contribution in [0.3, 0.4) is 0 Å². The lowest BCUT2D eigenvalue weighted by Gasteiger charge is -2.28. The van der Waals surface area contributed by atoms with Gasteiger partial charge in [0.05, 0.1) is 0 Å². The molecule has 0 aromatic rings. The minimum atomic E-state index is 0.276. The SMILES string of the molecule is C#CC1C(C)CC(=O)SC1C. The molecule has 60 valence electrons. The molecule has 1 rings (SSSR count). The van der Waals surface area contributed by atoms with Gasteiger partial charge in [-0.2, -0.15) is 0 Å². The van der Waals surface area contributed by atoms with Crippen LogP contribution in [0.15, 0.2) is 0 Å². The lowest BCUT2D eigenvalue weighted by atomic mass is 9.89. The molecule has 11 heavy (non-hydrogen) atoms. The van der Waals surface area contributed by atoms with E-state index in [1.807, 2.05) is 6.92 Å². The van der Waals surface area contributed by atoms with Gasteiger partial charge in [-0.25, -0.2) is 0 Å². The van der Waals surface area contributed by atoms with Gasteiger partial charge in [-0.05, 0) is 5.92 Å². The highest BCUT2D eigenvalue weighted by atomic mass is 32.2. The minimum Gasteiger partial charge on any atom is -0.287 e. The molecule has 1 fully saturated rings. The number of carbonyl (C=O) groups excluding carboxylic acids is 1. The molecule has 0 spiro atoms. The molecule has 3 unspecified atom stereocenters. The summed E-state index contributed by atoms with van der Waals surface area (Å²) in [7, 11) is 0. The lowest BCUT2D eigenvalue weighted by molar-refractivity contribution is -0.112. The van der Waals surface area contributed by atoms with Crippen molar-refractivity contribution in [2.24, 2.45) is 11.8 Å². The fraction of sp³-hybridized carbons (Fsp3) is 0.667. The van der Waals surface area contributed by atoms with Gasteiger partial charge in [0.1, 0.15) is 0 Å². The fourth-order valence-electron chi connectivity index (χ4n) is 1.48. The molecule has 1 aliphatic rings. The van der Waals surface area contributed by atoms with E-state index < -0.39 is 0 Å². The van der Waals surface area contributed by atoms with Gasteiger partial charge >= 0.3 is 0 Å². The van der Waals surface area contributed by atoms with Crippen LogP contribution >= 0.6 is 11.8 Å². The van der Waals surface area contributed by atoms with Crippen LogP contribution < -0.4 is 0 Å². The van der Waals surface area contributed by atoms with Crippen molar-refractivity contribution in [1.82, 2.24) is 0 Å². The average Bonchev–Trinajstić information content (AvgIpc) is 1.85. The second-order valence-electron chi connectivity index (χ2n) is 3.07. The summed E-state index contributed by atoms with van der Waals surface area (Å²) >= 11 is 1.40. The quantitative estimate of drug-likeness (QED) is 0.514. The van der Waals surface area contributed by atoms with Crippen molar-refractivity contribution in [2.45, 2.75) is 25.5 Å². The van der Waals surface area contributed by atoms with E-state index in [0.717, 1.165) is 0 Å². The van der Waals surface area contributed by atoms with Gasteiger partial charge in [-0.1, -0.05) is 25.6 Å². The van der Waals surface area contributed by atoms with Crippen LogP contribution in [0.4, 0.5) is 0 Å². The van der Waals surface area contributed by atoms with Crippen molar-refractivity contribution in [2.75, 3.05) is 0 Å². The van der Waals surface area contributed by atoms with Crippen LogP contribution in [0.5, 0.6) is 0 Å². The third kappa shape index (κ3) is 1.78. The highest BCUT2D eigenvalue weighted by molar-refractivity contribution is 8.14. The molecular weight excluding hydrogens is 156 g/mol. The van der Waals surface area contributed by atoms with Gasteiger partial charge in [0.25, 0.3) is 0 Å². The third-order valence-corrected chi connectivity index (χ3v) is 3.21. The molecule has 2 heteroatoms. The van der Waals surface area contributed by atoms with Crippen molar-refractivity contribution in [3.8, 4) is 12.3 Å². The molecule has 0 amide bonds. The van der Waals surface area contributed by atoms with Crippen molar-refractivity contribution in [1.29, 1.82) is 0 Å². The molecule has 1 saturated heterocycles. The maximum atomic E-state index is 11.0. The highest BCUT2D eigenvalue weighted by Gasteiger charge is 2.31. The van der Waals surface area contributed by atoms with Gasteiger partial charge in [-0.15, -0.1) is 12.3 Å². The normalized spacial score (nSPS) is 38.3. The van der Waals surface area contributed by atoms with Crippen LogP contribution in [0, 0.1) is 24.2 Å². The molecule has 0 N–H and O–H groups in total. The molecule has 1 aliphatic heterocycles. The molecule has 0 aromatic heterocycles. The van der Waals surface area contributed by atoms with E-state index in [1.54, 1.807) is 0 Å². The zero-order valence-electron chi connectivity index (χ0n) is 6.83. The van der Waals surface area contributed by atoms with Gasteiger partial charge in [-0.3, -0.25) is 4.79 Å². The first kappa shape index (κ1) is 8.67. The van der Waals surface area contributed by atoms with Crippen LogP contribution in [0.25, 0.3) is 0 Å². The fourth-order valence-corrected chi connectivity index (χ4v) is 2.75. The number of hydrogen-bond acceptors (Lipinski definition) is 2. The summed E-state index contributed by atoms with van der Waals surface area (Å²) in [5, 5.41) is 0.591. The summed E-state index contributed by atoms with van der Waals surface area (Å²) in [5.74, 6) is 3.39. The molecule has 3 atom stereocenters. The number of carbonyl (C=O) groups is 1. The Hall–Kier alpha value is -0.420. The summed E-state index contributed by atoms with van der Waals surface area (Å²) in [5.41, 5.74) is 0. The Balaban J connectivity index is 2.68. The van der Waals surface area contributed by atoms with E-state index in [1.165, 1.54) is 11.8 Å². The third-order valence-electron chi connectivity index (χ3n) is 2.12. The monoisotopic (exact) mass is 168 g/mol. The van der Waals surface area contributed by atoms with Gasteiger partial charge in [0.15, 0.2) is 5.12 Å². The Labute approximate surface area is 71.9 Å². The van der Waals surface area contributed by atoms with E-state index in [2.05, 4.69) is 12.8 Å². The Morgan fingerprint density at radius 2 is 2.27 bits per heavy atom. The van der Waals surface area contributed by atoms with Gasteiger partial charge in [0, 0.05) is 17.6 Å². The molecule has 0 aliphatic carbocycles. The number of hydrogen-bond donors (Lipinski definition) is 0. The predicted molar refractivity (Wildman–Crippen MR) is 48.2 cm³/mol. The van der Waals surface area contributed by atoms with Crippen molar-refractivity contribution in [3.63, 3.8) is 0 Å². The lowest BCUT2D eigenvalue weighted by Crippen LogP contribution is -2.28. The van der Waals surface area contributed by atoms with E-state index in [-0.39, 0.29) is 11.0 Å². The molecule has 1 heterocycles.